The Kier molecular flexibility index (Phi) is 4.29. The highest BCUT2D eigenvalue weighted by atomic mass is 19.1. The van der Waals surface area contributed by atoms with Crippen molar-refractivity contribution in [1.82, 2.24) is 5.32 Å². The number of rotatable bonds is 4. The summed E-state index contributed by atoms with van der Waals surface area (Å²) in [6, 6.07) is 6.64. The molecular formula is C14H17FN2O. The summed E-state index contributed by atoms with van der Waals surface area (Å²) in [5.74, 6) is -0.305. The first kappa shape index (κ1) is 13.0. The van der Waals surface area contributed by atoms with Gasteiger partial charge in [0.15, 0.2) is 0 Å². The van der Waals surface area contributed by atoms with Gasteiger partial charge in [-0.25, -0.2) is 4.39 Å². The van der Waals surface area contributed by atoms with Gasteiger partial charge >= 0.3 is 0 Å². The van der Waals surface area contributed by atoms with Gasteiger partial charge in [-0.2, -0.15) is 5.26 Å². The van der Waals surface area contributed by atoms with E-state index in [4.69, 9.17) is 10.00 Å². The Morgan fingerprint density at radius 3 is 3.06 bits per heavy atom. The standard InChI is InChI=1S/C14H17FN2O/c1-18-14-4-2-3-13(14)17-9-11-7-12(15)6-5-10(11)8-16/h5-7,13-14,17H,2-4,9H2,1H3. The fourth-order valence-corrected chi connectivity index (χ4v) is 2.50. The Balaban J connectivity index is 2.02. The molecule has 0 spiro atoms. The zero-order valence-electron chi connectivity index (χ0n) is 10.4. The van der Waals surface area contributed by atoms with Gasteiger partial charge in [0, 0.05) is 19.7 Å². The van der Waals surface area contributed by atoms with Crippen LogP contribution in [0.3, 0.4) is 0 Å². The van der Waals surface area contributed by atoms with E-state index < -0.39 is 0 Å². The summed E-state index contributed by atoms with van der Waals surface area (Å²) in [5, 5.41) is 12.3. The van der Waals surface area contributed by atoms with Crippen LogP contribution in [-0.4, -0.2) is 19.3 Å². The maximum Gasteiger partial charge on any atom is 0.123 e. The molecule has 1 fully saturated rings. The van der Waals surface area contributed by atoms with Crippen molar-refractivity contribution in [3.8, 4) is 6.07 Å². The third kappa shape index (κ3) is 2.87. The molecular weight excluding hydrogens is 231 g/mol. The second-order valence-corrected chi connectivity index (χ2v) is 4.61. The first-order valence-electron chi connectivity index (χ1n) is 6.19. The Labute approximate surface area is 107 Å². The second kappa shape index (κ2) is 5.94. The minimum Gasteiger partial charge on any atom is -0.380 e. The topological polar surface area (TPSA) is 45.0 Å². The Morgan fingerprint density at radius 2 is 2.33 bits per heavy atom. The smallest absolute Gasteiger partial charge is 0.123 e. The summed E-state index contributed by atoms with van der Waals surface area (Å²) in [5.41, 5.74) is 1.23. The predicted octanol–water partition coefficient (Wildman–Crippen LogP) is 2.35. The van der Waals surface area contributed by atoms with Gasteiger partial charge in [0.05, 0.1) is 17.7 Å². The molecule has 1 saturated carbocycles. The lowest BCUT2D eigenvalue weighted by atomic mass is 10.1. The average Bonchev–Trinajstić information content (AvgIpc) is 2.84. The fourth-order valence-electron chi connectivity index (χ4n) is 2.50. The number of benzene rings is 1. The number of hydrogen-bond donors (Lipinski definition) is 1. The maximum absolute atomic E-state index is 13.2. The van der Waals surface area contributed by atoms with E-state index in [1.54, 1.807) is 7.11 Å². The molecule has 1 aliphatic carbocycles. The van der Waals surface area contributed by atoms with Crippen molar-refractivity contribution in [1.29, 1.82) is 5.26 Å². The van der Waals surface area contributed by atoms with Crippen molar-refractivity contribution in [2.75, 3.05) is 7.11 Å². The fraction of sp³-hybridized carbons (Fsp3) is 0.500. The van der Waals surface area contributed by atoms with E-state index in [1.807, 2.05) is 0 Å². The summed E-state index contributed by atoms with van der Waals surface area (Å²) in [4.78, 5) is 0. The molecule has 3 nitrogen and oxygen atoms in total. The number of methoxy groups -OCH3 is 1. The number of nitriles is 1. The number of ether oxygens (including phenoxy) is 1. The second-order valence-electron chi connectivity index (χ2n) is 4.61. The van der Waals surface area contributed by atoms with E-state index in [0.717, 1.165) is 19.3 Å². The minimum absolute atomic E-state index is 0.226. The number of hydrogen-bond acceptors (Lipinski definition) is 3. The Hall–Kier alpha value is -1.44. The summed E-state index contributed by atoms with van der Waals surface area (Å²) in [6.45, 7) is 0.505. The van der Waals surface area contributed by atoms with E-state index in [1.165, 1.54) is 18.2 Å². The van der Waals surface area contributed by atoms with Gasteiger partial charge in [-0.05, 0) is 43.0 Å². The lowest BCUT2D eigenvalue weighted by Crippen LogP contribution is -2.36. The summed E-state index contributed by atoms with van der Waals surface area (Å²) >= 11 is 0. The van der Waals surface area contributed by atoms with E-state index in [9.17, 15) is 4.39 Å². The van der Waals surface area contributed by atoms with E-state index >= 15 is 0 Å². The maximum atomic E-state index is 13.2. The van der Waals surface area contributed by atoms with Crippen molar-refractivity contribution in [2.24, 2.45) is 0 Å². The van der Waals surface area contributed by atoms with Crippen LogP contribution >= 0.6 is 0 Å². The van der Waals surface area contributed by atoms with Gasteiger partial charge in [-0.1, -0.05) is 0 Å². The zero-order valence-corrected chi connectivity index (χ0v) is 10.4. The molecule has 2 unspecified atom stereocenters. The average molecular weight is 248 g/mol. The van der Waals surface area contributed by atoms with Gasteiger partial charge in [0.2, 0.25) is 0 Å². The largest absolute Gasteiger partial charge is 0.380 e. The van der Waals surface area contributed by atoms with Crippen LogP contribution in [0.2, 0.25) is 0 Å². The molecule has 0 amide bonds. The first-order valence-corrected chi connectivity index (χ1v) is 6.19. The lowest BCUT2D eigenvalue weighted by Gasteiger charge is -2.20. The molecule has 0 aromatic heterocycles. The van der Waals surface area contributed by atoms with Gasteiger partial charge < -0.3 is 10.1 Å². The Bertz CT molecular complexity index is 456. The van der Waals surface area contributed by atoms with Crippen molar-refractivity contribution in [2.45, 2.75) is 38.0 Å². The van der Waals surface area contributed by atoms with Crippen LogP contribution in [0.25, 0.3) is 0 Å². The molecule has 0 bridgehead atoms. The molecule has 1 N–H and O–H groups in total. The van der Waals surface area contributed by atoms with E-state index in [-0.39, 0.29) is 11.9 Å². The van der Waals surface area contributed by atoms with Crippen LogP contribution in [0.4, 0.5) is 4.39 Å². The van der Waals surface area contributed by atoms with Crippen LogP contribution in [0.15, 0.2) is 18.2 Å². The van der Waals surface area contributed by atoms with Crippen molar-refractivity contribution >= 4 is 0 Å². The predicted molar refractivity (Wildman–Crippen MR) is 66.4 cm³/mol. The van der Waals surface area contributed by atoms with Gasteiger partial charge in [-0.15, -0.1) is 0 Å². The highest BCUT2D eigenvalue weighted by Gasteiger charge is 2.26. The Morgan fingerprint density at radius 1 is 1.50 bits per heavy atom. The van der Waals surface area contributed by atoms with Crippen LogP contribution in [-0.2, 0) is 11.3 Å². The number of nitrogens with zero attached hydrogens (tertiary/aromatic N) is 1. The van der Waals surface area contributed by atoms with Crippen molar-refractivity contribution in [3.63, 3.8) is 0 Å². The molecule has 2 rings (SSSR count). The van der Waals surface area contributed by atoms with E-state index in [0.29, 0.717) is 23.7 Å². The molecule has 1 aliphatic rings. The normalized spacial score (nSPS) is 22.9. The third-order valence-electron chi connectivity index (χ3n) is 3.50. The number of nitrogens with one attached hydrogen (secondary N) is 1. The van der Waals surface area contributed by atoms with Gasteiger partial charge in [0.1, 0.15) is 5.82 Å². The van der Waals surface area contributed by atoms with Crippen LogP contribution in [0.1, 0.15) is 30.4 Å². The molecule has 1 aromatic carbocycles. The van der Waals surface area contributed by atoms with Crippen LogP contribution in [0, 0.1) is 17.1 Å². The summed E-state index contributed by atoms with van der Waals surface area (Å²) in [6.07, 6.45) is 3.49. The molecule has 0 heterocycles. The highest BCUT2D eigenvalue weighted by molar-refractivity contribution is 5.37. The van der Waals surface area contributed by atoms with Crippen molar-refractivity contribution in [3.05, 3.63) is 35.1 Å². The zero-order chi connectivity index (χ0) is 13.0. The van der Waals surface area contributed by atoms with Gasteiger partial charge in [-0.3, -0.25) is 0 Å². The molecule has 0 saturated heterocycles. The monoisotopic (exact) mass is 248 g/mol. The number of halogens is 1. The minimum atomic E-state index is -0.305. The van der Waals surface area contributed by atoms with Crippen LogP contribution < -0.4 is 5.32 Å². The lowest BCUT2D eigenvalue weighted by molar-refractivity contribution is 0.0847. The molecule has 4 heteroatoms. The highest BCUT2D eigenvalue weighted by Crippen LogP contribution is 2.22. The molecule has 0 aliphatic heterocycles. The summed E-state index contributed by atoms with van der Waals surface area (Å²) < 4.78 is 18.6. The molecule has 0 radical (unpaired) electrons. The first-order chi connectivity index (χ1) is 8.74. The summed E-state index contributed by atoms with van der Waals surface area (Å²) in [7, 11) is 1.72. The quantitative estimate of drug-likeness (QED) is 0.889. The molecule has 2 atom stereocenters. The SMILES string of the molecule is COC1CCCC1NCc1cc(F)ccc1C#N. The molecule has 1 aromatic rings. The van der Waals surface area contributed by atoms with Crippen LogP contribution in [0.5, 0.6) is 0 Å². The van der Waals surface area contributed by atoms with Gasteiger partial charge in [0.25, 0.3) is 0 Å². The van der Waals surface area contributed by atoms with Crippen molar-refractivity contribution < 1.29 is 9.13 Å². The van der Waals surface area contributed by atoms with E-state index in [2.05, 4.69) is 11.4 Å². The molecule has 96 valence electrons. The third-order valence-corrected chi connectivity index (χ3v) is 3.50. The molecule has 18 heavy (non-hydrogen) atoms.